The van der Waals surface area contributed by atoms with Gasteiger partial charge in [0.2, 0.25) is 0 Å². The molecule has 40 N–H and O–H groups in total. The molecule has 0 aromatic heterocycles. The first kappa shape index (κ1) is 199. The van der Waals surface area contributed by atoms with Gasteiger partial charge in [0.15, 0.2) is 0 Å². The third-order valence-electron chi connectivity index (χ3n) is 0. The van der Waals surface area contributed by atoms with Crippen molar-refractivity contribution in [1.29, 1.82) is 0 Å². The van der Waals surface area contributed by atoms with E-state index in [9.17, 15) is 0 Å². The van der Waals surface area contributed by atoms with Crippen molar-refractivity contribution in [2.45, 2.75) is 0 Å². The Kier molecular flexibility index (Phi) is 425. The van der Waals surface area contributed by atoms with E-state index >= 15 is 0 Å². The molecule has 90 heavy (non-hydrogen) atoms. The van der Waals surface area contributed by atoms with E-state index in [4.69, 9.17) is 300 Å². The summed E-state index contributed by atoms with van der Waals surface area (Å²) in [6.45, 7) is 0. The molecule has 0 spiro atoms. The van der Waals surface area contributed by atoms with Crippen LogP contribution in [0.1, 0.15) is 14.3 Å². The van der Waals surface area contributed by atoms with Crippen molar-refractivity contribution >= 4 is 123 Å². The maximum atomic E-state index is 8.56. The number of rotatable bonds is 0. The van der Waals surface area contributed by atoms with Crippen molar-refractivity contribution in [2.24, 2.45) is 0 Å². The molecule has 0 atom stereocenters. The first-order chi connectivity index (χ1) is 34.6. The average molecular weight is 1320 g/mol. The van der Waals surface area contributed by atoms with E-state index in [1.165, 1.54) is 0 Å². The summed E-state index contributed by atoms with van der Waals surface area (Å²) in [5.74, 6) is 0. The monoisotopic (exact) mass is 1320 g/mol. The molecule has 0 saturated heterocycles. The maximum Gasteiger partial charge on any atom is 1.00 e. The van der Waals surface area contributed by atoms with Crippen molar-refractivity contribution in [3.8, 4) is 0 Å². The normalized spacial score (nSPS) is 5.33. The third kappa shape index (κ3) is 6550. The van der Waals surface area contributed by atoms with Crippen LogP contribution in [-0.4, -0.2) is 327 Å². The standard InChI is InChI=1S/20CH2O3.10Li.10H/c20*2-1(3)4;;;;;;;;;;;;;;;;;;;;/h20*(H2,2,3,4);;;;;;;;;;;;;;;;;;;;/q;;;;;;;;;;;;;;;;;;;;10*+1;10*-1. The second-order valence-corrected chi connectivity index (χ2v) is 5.65. The molecular weight excluding hydrogens is 1270 g/mol. The molecule has 0 aromatic carbocycles. The van der Waals surface area contributed by atoms with E-state index in [0.29, 0.717) is 0 Å². The van der Waals surface area contributed by atoms with Gasteiger partial charge in [-0.15, -0.1) is 0 Å². The summed E-state index contributed by atoms with van der Waals surface area (Å²) < 4.78 is 0. The van der Waals surface area contributed by atoms with Crippen LogP contribution < -0.4 is 189 Å². The van der Waals surface area contributed by atoms with Gasteiger partial charge in [-0.2, -0.15) is 0 Å². The molecule has 0 bridgehead atoms. The summed E-state index contributed by atoms with van der Waals surface area (Å²) in [5, 5.41) is 279. The van der Waals surface area contributed by atoms with Crippen molar-refractivity contribution in [3.05, 3.63) is 0 Å². The first-order valence-electron chi connectivity index (χ1n) is 13.0. The second-order valence-electron chi connectivity index (χ2n) is 5.65. The molecule has 0 unspecified atom stereocenters. The van der Waals surface area contributed by atoms with E-state index in [-0.39, 0.29) is 203 Å². The second kappa shape index (κ2) is 192. The fraction of sp³-hybridized carbons (Fsp3) is 0. The molecule has 0 aromatic rings. The molecule has 70 heteroatoms. The molecule has 0 aliphatic carbocycles. The number of hydrogen-bond acceptors (Lipinski definition) is 20. The van der Waals surface area contributed by atoms with Gasteiger partial charge in [0.25, 0.3) is 0 Å². The van der Waals surface area contributed by atoms with Crippen molar-refractivity contribution in [1.82, 2.24) is 0 Å². The Morgan fingerprint density at radius 3 is 0.0889 bits per heavy atom. The fourth-order valence-electron chi connectivity index (χ4n) is 0. The zero-order valence-corrected chi connectivity index (χ0v) is 46.1. The van der Waals surface area contributed by atoms with Crippen LogP contribution in [0.25, 0.3) is 0 Å². The van der Waals surface area contributed by atoms with Crippen molar-refractivity contribution in [3.63, 3.8) is 0 Å². The average Bonchev–Trinajstić information content (AvgIpc) is 2.99. The molecule has 0 saturated carbocycles. The summed E-state index contributed by atoms with van der Waals surface area (Å²) in [5.41, 5.74) is 0. The van der Waals surface area contributed by atoms with Crippen LogP contribution in [0.4, 0.5) is 95.9 Å². The molecule has 0 aliphatic rings. The quantitative estimate of drug-likeness (QED) is 0.100. The van der Waals surface area contributed by atoms with Crippen LogP contribution in [0.2, 0.25) is 0 Å². The van der Waals surface area contributed by atoms with Gasteiger partial charge in [-0.25, -0.2) is 95.9 Å². The van der Waals surface area contributed by atoms with E-state index in [2.05, 4.69) is 0 Å². The van der Waals surface area contributed by atoms with E-state index in [1.54, 1.807) is 0 Å². The van der Waals surface area contributed by atoms with Crippen LogP contribution in [-0.2, 0) is 0 Å². The van der Waals surface area contributed by atoms with E-state index < -0.39 is 123 Å². The summed E-state index contributed by atoms with van der Waals surface area (Å²) in [6, 6.07) is 0. The van der Waals surface area contributed by atoms with Crippen LogP contribution >= 0.6 is 0 Å². The zero-order chi connectivity index (χ0) is 71.5. The van der Waals surface area contributed by atoms with Gasteiger partial charge in [0.05, 0.1) is 0 Å². The smallest absolute Gasteiger partial charge is 1.00 e. The first-order valence-corrected chi connectivity index (χ1v) is 13.0. The largest absolute Gasteiger partial charge is 1.00 e. The number of hydrogen-bond donors (Lipinski definition) is 40. The van der Waals surface area contributed by atoms with E-state index in [1.807, 2.05) is 0 Å². The van der Waals surface area contributed by atoms with Gasteiger partial charge in [0.1, 0.15) is 0 Å². The summed E-state index contributed by atoms with van der Waals surface area (Å²) in [6.07, 6.45) is -36.7. The van der Waals surface area contributed by atoms with Gasteiger partial charge in [-0.05, 0) is 0 Å². The Hall–Kier alpha value is -8.63. The molecular formula is C20H50Li10O60. The topological polar surface area (TPSA) is 1150 Å². The van der Waals surface area contributed by atoms with Gasteiger partial charge in [-0.3, -0.25) is 0 Å². The SMILES string of the molecule is O=C(O)O.O=C(O)O.O=C(O)O.O=C(O)O.O=C(O)O.O=C(O)O.O=C(O)O.O=C(O)O.O=C(O)O.O=C(O)O.O=C(O)O.O=C(O)O.O=C(O)O.O=C(O)O.O=C(O)O.O=C(O)O.O=C(O)O.O=C(O)O.O=C(O)O.O=C(O)O.[H-].[H-].[H-].[H-].[H-].[H-].[H-].[H-].[H-].[H-].[Li+].[Li+].[Li+].[Li+].[Li+].[Li+].[Li+].[Li+].[Li+].[Li+]. The molecule has 0 aliphatic heterocycles. The van der Waals surface area contributed by atoms with Crippen LogP contribution in [0.5, 0.6) is 0 Å². The van der Waals surface area contributed by atoms with Crippen molar-refractivity contribution < 1.29 is 503 Å². The fourth-order valence-corrected chi connectivity index (χ4v) is 0. The summed E-state index contributed by atoms with van der Waals surface area (Å²) in [7, 11) is 0. The van der Waals surface area contributed by atoms with Crippen molar-refractivity contribution in [2.75, 3.05) is 0 Å². The summed E-state index contributed by atoms with van der Waals surface area (Å²) in [4.78, 5) is 171. The van der Waals surface area contributed by atoms with Crippen LogP contribution in [0.15, 0.2) is 0 Å². The Bertz CT molecular complexity index is 1140. The van der Waals surface area contributed by atoms with E-state index in [0.717, 1.165) is 0 Å². The number of carbonyl (C=O) groups is 20. The molecule has 0 heterocycles. The Balaban J connectivity index is -0.00000000987. The van der Waals surface area contributed by atoms with Crippen LogP contribution in [0, 0.1) is 0 Å². The third-order valence-corrected chi connectivity index (χ3v) is 0. The molecule has 0 radical (unpaired) electrons. The molecule has 0 amide bonds. The Morgan fingerprint density at radius 1 is 0.0889 bits per heavy atom. The Morgan fingerprint density at radius 2 is 0.0889 bits per heavy atom. The van der Waals surface area contributed by atoms with Gasteiger partial charge >= 0.3 is 312 Å². The maximum absolute atomic E-state index is 8.56. The minimum atomic E-state index is -1.83. The molecule has 0 fully saturated rings. The number of carboxylic acid groups (broad SMARTS) is 40. The summed E-state index contributed by atoms with van der Waals surface area (Å²) >= 11 is 0. The van der Waals surface area contributed by atoms with Gasteiger partial charge in [0, 0.05) is 0 Å². The predicted octanol–water partition coefficient (Wildman–Crippen LogP) is -24.4. The minimum absolute atomic E-state index is 0. The van der Waals surface area contributed by atoms with Gasteiger partial charge < -0.3 is 219 Å². The Labute approximate surface area is 622 Å². The predicted molar refractivity (Wildman–Crippen MR) is 224 cm³/mol. The van der Waals surface area contributed by atoms with Gasteiger partial charge in [-0.1, -0.05) is 0 Å². The minimum Gasteiger partial charge on any atom is -1.00 e. The van der Waals surface area contributed by atoms with Crippen LogP contribution in [0.3, 0.4) is 0 Å². The molecule has 60 nitrogen and oxygen atoms in total. The molecule has 0 rings (SSSR count). The zero-order valence-electron chi connectivity index (χ0n) is 56.1. The molecule has 500 valence electrons.